The lowest BCUT2D eigenvalue weighted by Gasteiger charge is -2.12. The Morgan fingerprint density at radius 3 is 1.61 bits per heavy atom. The summed E-state index contributed by atoms with van der Waals surface area (Å²) in [5, 5.41) is 0. The van der Waals surface area contributed by atoms with Crippen molar-refractivity contribution in [1.29, 1.82) is 0 Å². The number of ether oxygens (including phenoxy) is 2. The van der Waals surface area contributed by atoms with Crippen molar-refractivity contribution in [2.75, 3.05) is 6.54 Å². The highest BCUT2D eigenvalue weighted by atomic mass is 16.5. The van der Waals surface area contributed by atoms with E-state index in [-0.39, 0.29) is 0 Å². The van der Waals surface area contributed by atoms with Gasteiger partial charge in [0.15, 0.2) is 0 Å². The number of benzene rings is 4. The second kappa shape index (κ2) is 11.9. The summed E-state index contributed by atoms with van der Waals surface area (Å²) < 4.78 is 14.3. The van der Waals surface area contributed by atoms with Crippen LogP contribution in [-0.4, -0.2) is 17.3 Å². The van der Waals surface area contributed by atoms with Crippen molar-refractivity contribution >= 4 is 11.8 Å². The highest BCUT2D eigenvalue weighted by Gasteiger charge is 2.08. The van der Waals surface area contributed by atoms with E-state index < -0.39 is 0 Å². The maximum absolute atomic E-state index is 6.00. The molecule has 1 saturated heterocycles. The predicted molar refractivity (Wildman–Crippen MR) is 146 cm³/mol. The average Bonchev–Trinajstić information content (AvgIpc) is 3.47. The van der Waals surface area contributed by atoms with E-state index in [1.165, 1.54) is 12.0 Å². The van der Waals surface area contributed by atoms with E-state index in [0.717, 1.165) is 46.7 Å². The predicted octanol–water partition coefficient (Wildman–Crippen LogP) is 7.32. The topological polar surface area (TPSA) is 21.5 Å². The lowest BCUT2D eigenvalue weighted by molar-refractivity contribution is -0.462. The van der Waals surface area contributed by atoms with Gasteiger partial charge in [-0.25, -0.2) is 0 Å². The first kappa shape index (κ1) is 23.5. The number of hydrogen-bond donors (Lipinski definition) is 0. The van der Waals surface area contributed by atoms with Crippen LogP contribution < -0.4 is 9.47 Å². The van der Waals surface area contributed by atoms with Crippen molar-refractivity contribution in [1.82, 2.24) is 0 Å². The minimum Gasteiger partial charge on any atom is -0.489 e. The van der Waals surface area contributed by atoms with Gasteiger partial charge in [0.1, 0.15) is 31.3 Å². The molecular formula is C33H31NO2. The van der Waals surface area contributed by atoms with Gasteiger partial charge < -0.3 is 14.0 Å². The molecule has 1 aliphatic heterocycles. The Balaban J connectivity index is 1.32. The fraction of sp³-hybridized carbons (Fsp3) is 0.152. The third-order valence-corrected chi connectivity index (χ3v) is 6.24. The molecule has 0 amide bonds. The molecule has 3 nitrogen and oxygen atoms in total. The van der Waals surface area contributed by atoms with Crippen LogP contribution in [0.3, 0.4) is 0 Å². The second-order valence-electron chi connectivity index (χ2n) is 8.89. The van der Waals surface area contributed by atoms with E-state index in [9.17, 15) is 0 Å². The Morgan fingerprint density at radius 2 is 1.17 bits per heavy atom. The lowest BCUT2D eigenvalue weighted by atomic mass is 9.97. The molecule has 0 spiro atoms. The van der Waals surface area contributed by atoms with Gasteiger partial charge in [0.2, 0.25) is 0 Å². The van der Waals surface area contributed by atoms with Crippen LogP contribution in [0.4, 0.5) is 0 Å². The average molecular weight is 474 g/mol. The molecule has 3 heteroatoms. The van der Waals surface area contributed by atoms with E-state index in [0.29, 0.717) is 13.2 Å². The molecule has 4 aromatic rings. The summed E-state index contributed by atoms with van der Waals surface area (Å²) in [4.78, 5) is 0. The van der Waals surface area contributed by atoms with Crippen molar-refractivity contribution in [2.24, 2.45) is 0 Å². The quantitative estimate of drug-likeness (QED) is 0.188. The fourth-order valence-electron chi connectivity index (χ4n) is 4.23. The van der Waals surface area contributed by atoms with Crippen LogP contribution in [0.15, 0.2) is 115 Å². The van der Waals surface area contributed by atoms with Crippen molar-refractivity contribution in [3.8, 4) is 11.5 Å². The standard InChI is InChI=1S/C33H31NO2/c1-3-9-27(10-4-1)25-35-31-17-13-29(14-18-31)33(21-24-34-22-7-8-23-34)30-15-19-32(20-16-30)36-26-28-11-5-2-6-12-28/h1-6,9-22,24H,7-8,23,25-26H2. The van der Waals surface area contributed by atoms with Crippen LogP contribution in [0.1, 0.15) is 35.1 Å². The van der Waals surface area contributed by atoms with Gasteiger partial charge >= 0.3 is 0 Å². The second-order valence-corrected chi connectivity index (χ2v) is 8.89. The fourth-order valence-corrected chi connectivity index (χ4v) is 4.23. The molecule has 5 rings (SSSR count). The molecule has 0 N–H and O–H groups in total. The van der Waals surface area contributed by atoms with E-state index in [1.807, 2.05) is 60.7 Å². The Labute approximate surface area is 214 Å². The van der Waals surface area contributed by atoms with Gasteiger partial charge in [-0.1, -0.05) is 91.0 Å². The summed E-state index contributed by atoms with van der Waals surface area (Å²) in [7, 11) is 0. The van der Waals surface area contributed by atoms with E-state index in [4.69, 9.17) is 9.47 Å². The summed E-state index contributed by atoms with van der Waals surface area (Å²) in [6.07, 6.45) is 6.74. The van der Waals surface area contributed by atoms with Gasteiger partial charge in [-0.2, -0.15) is 0 Å². The summed E-state index contributed by atoms with van der Waals surface area (Å²) in [5.41, 5.74) is 5.78. The molecule has 1 heterocycles. The normalized spacial score (nSPS) is 13.7. The zero-order valence-electron chi connectivity index (χ0n) is 20.4. The molecule has 0 aromatic heterocycles. The monoisotopic (exact) mass is 473 g/mol. The summed E-state index contributed by atoms with van der Waals surface area (Å²) in [6.45, 7) is 4.45. The third-order valence-electron chi connectivity index (χ3n) is 6.24. The van der Waals surface area contributed by atoms with Crippen molar-refractivity contribution in [3.05, 3.63) is 144 Å². The molecule has 0 saturated carbocycles. The molecule has 180 valence electrons. The third kappa shape index (κ3) is 6.45. The molecule has 0 atom stereocenters. The number of rotatable bonds is 9. The molecule has 0 radical (unpaired) electrons. The van der Waals surface area contributed by atoms with E-state index in [1.54, 1.807) is 0 Å². The van der Waals surface area contributed by atoms with Crippen molar-refractivity contribution < 1.29 is 14.0 Å². The Hall–Kier alpha value is -4.24. The molecule has 36 heavy (non-hydrogen) atoms. The maximum Gasteiger partial charge on any atom is 0.119 e. The first-order valence-corrected chi connectivity index (χ1v) is 12.5. The Kier molecular flexibility index (Phi) is 7.80. The van der Waals surface area contributed by atoms with E-state index >= 15 is 0 Å². The first-order valence-electron chi connectivity index (χ1n) is 12.5. The van der Waals surface area contributed by atoms with Gasteiger partial charge in [0, 0.05) is 12.8 Å². The molecule has 0 bridgehead atoms. The smallest absolute Gasteiger partial charge is 0.119 e. The summed E-state index contributed by atoms with van der Waals surface area (Å²) in [6, 6.07) is 37.2. The largest absolute Gasteiger partial charge is 0.489 e. The van der Waals surface area contributed by atoms with Gasteiger partial charge in [0.05, 0.1) is 0 Å². The van der Waals surface area contributed by atoms with Crippen LogP contribution in [-0.2, 0) is 13.2 Å². The number of nitrogens with zero attached hydrogens (tertiary/aromatic N) is 1. The van der Waals surface area contributed by atoms with Crippen molar-refractivity contribution in [2.45, 2.75) is 26.1 Å². The van der Waals surface area contributed by atoms with Gasteiger partial charge in [-0.15, -0.1) is 0 Å². The van der Waals surface area contributed by atoms with Crippen LogP contribution in [0, 0.1) is 6.54 Å². The number of hydrogen-bond acceptors (Lipinski definition) is 2. The van der Waals surface area contributed by atoms with Crippen LogP contribution in [0.5, 0.6) is 11.5 Å². The zero-order chi connectivity index (χ0) is 24.4. The van der Waals surface area contributed by atoms with Crippen LogP contribution >= 0.6 is 0 Å². The number of allylic oxidation sites excluding steroid dienone is 1. The molecule has 4 aromatic carbocycles. The molecule has 0 unspecified atom stereocenters. The SMILES string of the molecule is C(C=[N+]1[CH-]CCC1)=C(c1ccc(OCc2ccccc2)cc1)c1ccc(OCc2ccccc2)cc1. The molecular weight excluding hydrogens is 442 g/mol. The summed E-state index contributed by atoms with van der Waals surface area (Å²) in [5.74, 6) is 1.73. The van der Waals surface area contributed by atoms with Gasteiger partial charge in [0.25, 0.3) is 0 Å². The molecule has 0 aliphatic carbocycles. The van der Waals surface area contributed by atoms with Crippen LogP contribution in [0.25, 0.3) is 5.57 Å². The molecule has 1 aliphatic rings. The minimum absolute atomic E-state index is 0.561. The first-order chi connectivity index (χ1) is 17.8. The van der Waals surface area contributed by atoms with Crippen molar-refractivity contribution in [3.63, 3.8) is 0 Å². The Bertz CT molecular complexity index is 1190. The summed E-state index contributed by atoms with van der Waals surface area (Å²) >= 11 is 0. The lowest BCUT2D eigenvalue weighted by Crippen LogP contribution is -2.02. The van der Waals surface area contributed by atoms with Crippen LogP contribution in [0.2, 0.25) is 0 Å². The highest BCUT2D eigenvalue weighted by molar-refractivity contribution is 5.90. The zero-order valence-corrected chi connectivity index (χ0v) is 20.4. The highest BCUT2D eigenvalue weighted by Crippen LogP contribution is 2.27. The minimum atomic E-state index is 0.561. The maximum atomic E-state index is 6.00. The Morgan fingerprint density at radius 1 is 0.667 bits per heavy atom. The van der Waals surface area contributed by atoms with Gasteiger partial charge in [-0.05, 0) is 64.9 Å². The molecule has 1 fully saturated rings. The van der Waals surface area contributed by atoms with E-state index in [2.05, 4.69) is 71.9 Å². The van der Waals surface area contributed by atoms with Gasteiger partial charge in [-0.3, -0.25) is 0 Å².